The molecule has 0 radical (unpaired) electrons. The van der Waals surface area contributed by atoms with Crippen LogP contribution in [-0.2, 0) is 21.7 Å². The van der Waals surface area contributed by atoms with Gasteiger partial charge >= 0.3 is 6.18 Å². The molecule has 33 heavy (non-hydrogen) atoms. The van der Waals surface area contributed by atoms with Crippen molar-refractivity contribution in [3.63, 3.8) is 0 Å². The summed E-state index contributed by atoms with van der Waals surface area (Å²) >= 11 is 5.87. The first kappa shape index (κ1) is 23.3. The zero-order chi connectivity index (χ0) is 24.5. The van der Waals surface area contributed by atoms with Crippen LogP contribution < -0.4 is 5.32 Å². The molecule has 3 aromatic rings. The molecule has 0 saturated carbocycles. The molecule has 1 saturated heterocycles. The summed E-state index contributed by atoms with van der Waals surface area (Å²) < 4.78 is 84.2. The van der Waals surface area contributed by atoms with E-state index in [0.717, 1.165) is 14.9 Å². The minimum Gasteiger partial charge on any atom is -0.345 e. The minimum absolute atomic E-state index is 0.0259. The van der Waals surface area contributed by atoms with Crippen LogP contribution in [0.15, 0.2) is 30.3 Å². The van der Waals surface area contributed by atoms with Crippen molar-refractivity contribution in [2.24, 2.45) is 0 Å². The quantitative estimate of drug-likeness (QED) is 0.514. The van der Waals surface area contributed by atoms with E-state index in [4.69, 9.17) is 17.0 Å². The third-order valence-corrected chi connectivity index (χ3v) is 7.90. The molecule has 1 aromatic heterocycles. The maximum absolute atomic E-state index is 15.9. The molecule has 0 unspecified atom stereocenters. The van der Waals surface area contributed by atoms with Crippen molar-refractivity contribution in [1.82, 2.24) is 19.2 Å². The van der Waals surface area contributed by atoms with Crippen molar-refractivity contribution in [3.8, 4) is 5.69 Å². The summed E-state index contributed by atoms with van der Waals surface area (Å²) in [5.74, 6) is -1.89. The number of hydrogen-bond acceptors (Lipinski definition) is 4. The van der Waals surface area contributed by atoms with Gasteiger partial charge in [-0.15, -0.1) is 0 Å². The smallest absolute Gasteiger partial charge is 0.345 e. The normalized spacial score (nSPS) is 20.8. The molecule has 0 bridgehead atoms. The standard InChI is InChI=1S/C20H18ClF4N5O2S/c1-10-27-13-8-7-12(21)15(20(23,24)25)17(13)30(10)14-6-4-5-11(16(14)22)19(2)9-33(31,32)29(3)18(26)28-19/h4-8H,9H2,1-3H3,(H2,26,28)/t19-/m0/s1. The highest BCUT2D eigenvalue weighted by atomic mass is 35.5. The Labute approximate surface area is 191 Å². The SMILES string of the molecule is Cc1nc2ccc(Cl)c(C(F)(F)F)c2n1-c1cccc([C@]2(C)CS(=O)(=O)N(C)C(=N)N2)c1F. The van der Waals surface area contributed by atoms with E-state index in [-0.39, 0.29) is 22.6 Å². The number of sulfonamides is 1. The van der Waals surface area contributed by atoms with Gasteiger partial charge in [-0.1, -0.05) is 23.7 Å². The van der Waals surface area contributed by atoms with Crippen LogP contribution in [0.4, 0.5) is 17.6 Å². The van der Waals surface area contributed by atoms with Crippen LogP contribution in [0.2, 0.25) is 5.02 Å². The van der Waals surface area contributed by atoms with Crippen molar-refractivity contribution >= 4 is 38.6 Å². The van der Waals surface area contributed by atoms with Gasteiger partial charge in [0.05, 0.1) is 33.0 Å². The van der Waals surface area contributed by atoms with Gasteiger partial charge < -0.3 is 5.32 Å². The molecule has 176 valence electrons. The molecule has 0 spiro atoms. The lowest BCUT2D eigenvalue weighted by atomic mass is 9.92. The number of nitrogens with zero attached hydrogens (tertiary/aromatic N) is 3. The number of nitrogens with one attached hydrogen (secondary N) is 2. The Hall–Kier alpha value is -2.86. The molecule has 2 N–H and O–H groups in total. The van der Waals surface area contributed by atoms with Gasteiger partial charge in [0, 0.05) is 12.6 Å². The fourth-order valence-corrected chi connectivity index (χ4v) is 5.80. The molecule has 0 aliphatic carbocycles. The Morgan fingerprint density at radius 3 is 2.52 bits per heavy atom. The van der Waals surface area contributed by atoms with E-state index in [9.17, 15) is 21.6 Å². The van der Waals surface area contributed by atoms with Crippen LogP contribution in [-0.4, -0.2) is 41.0 Å². The van der Waals surface area contributed by atoms with Crippen LogP contribution >= 0.6 is 11.6 Å². The van der Waals surface area contributed by atoms with Gasteiger partial charge in [0.2, 0.25) is 16.0 Å². The second-order valence-electron chi connectivity index (χ2n) is 7.95. The molecular formula is C20H18ClF4N5O2S. The Bertz CT molecular complexity index is 1420. The van der Waals surface area contributed by atoms with Gasteiger partial charge in [-0.3, -0.25) is 9.98 Å². The van der Waals surface area contributed by atoms with E-state index in [0.29, 0.717) is 0 Å². The van der Waals surface area contributed by atoms with E-state index in [2.05, 4.69) is 10.3 Å². The highest BCUT2D eigenvalue weighted by Crippen LogP contribution is 2.41. The van der Waals surface area contributed by atoms with Gasteiger partial charge in [0.1, 0.15) is 11.4 Å². The summed E-state index contributed by atoms with van der Waals surface area (Å²) in [7, 11) is -2.74. The van der Waals surface area contributed by atoms with Gasteiger partial charge in [-0.2, -0.15) is 13.2 Å². The molecule has 1 atom stereocenters. The summed E-state index contributed by atoms with van der Waals surface area (Å²) in [6.07, 6.45) is -4.83. The van der Waals surface area contributed by atoms with Gasteiger partial charge in [0.25, 0.3) is 0 Å². The van der Waals surface area contributed by atoms with Crippen molar-refractivity contribution in [2.45, 2.75) is 25.6 Å². The molecule has 4 rings (SSSR count). The van der Waals surface area contributed by atoms with Crippen LogP contribution in [0.1, 0.15) is 23.9 Å². The van der Waals surface area contributed by atoms with E-state index in [1.54, 1.807) is 0 Å². The second-order valence-corrected chi connectivity index (χ2v) is 10.4. The first-order valence-electron chi connectivity index (χ1n) is 9.55. The predicted molar refractivity (Wildman–Crippen MR) is 116 cm³/mol. The number of halogens is 5. The fraction of sp³-hybridized carbons (Fsp3) is 0.300. The van der Waals surface area contributed by atoms with Gasteiger partial charge in [-0.25, -0.2) is 22.1 Å². The first-order valence-corrected chi connectivity index (χ1v) is 11.5. The summed E-state index contributed by atoms with van der Waals surface area (Å²) in [5, 5.41) is 10.1. The summed E-state index contributed by atoms with van der Waals surface area (Å²) in [4.78, 5) is 4.14. The van der Waals surface area contributed by atoms with Crippen molar-refractivity contribution in [2.75, 3.05) is 12.8 Å². The molecule has 1 fully saturated rings. The number of hydrogen-bond donors (Lipinski definition) is 2. The van der Waals surface area contributed by atoms with E-state index in [1.807, 2.05) is 0 Å². The number of aryl methyl sites for hydroxylation is 1. The van der Waals surface area contributed by atoms with Gasteiger partial charge in [0.15, 0.2) is 5.82 Å². The minimum atomic E-state index is -4.83. The second kappa shape index (κ2) is 7.32. The van der Waals surface area contributed by atoms with Crippen LogP contribution in [0.25, 0.3) is 16.7 Å². The summed E-state index contributed by atoms with van der Waals surface area (Å²) in [5.41, 5.74) is -3.52. The molecular weight excluding hydrogens is 486 g/mol. The third kappa shape index (κ3) is 3.61. The Kier molecular flexibility index (Phi) is 5.17. The fourth-order valence-electron chi connectivity index (χ4n) is 4.06. The lowest BCUT2D eigenvalue weighted by molar-refractivity contribution is -0.136. The number of benzene rings is 2. The molecule has 1 aliphatic rings. The zero-order valence-electron chi connectivity index (χ0n) is 17.6. The largest absolute Gasteiger partial charge is 0.419 e. The number of fused-ring (bicyclic) bond motifs is 1. The van der Waals surface area contributed by atoms with E-state index < -0.39 is 55.4 Å². The average molecular weight is 504 g/mol. The third-order valence-electron chi connectivity index (χ3n) is 5.63. The molecule has 0 amide bonds. The summed E-state index contributed by atoms with van der Waals surface area (Å²) in [6, 6.07) is 6.39. The number of imidazole rings is 1. The molecule has 2 heterocycles. The maximum Gasteiger partial charge on any atom is 0.419 e. The number of rotatable bonds is 2. The Balaban J connectivity index is 1.99. The molecule has 13 heteroatoms. The first-order chi connectivity index (χ1) is 15.2. The van der Waals surface area contributed by atoms with Gasteiger partial charge in [-0.05, 0) is 32.0 Å². The Morgan fingerprint density at radius 2 is 1.91 bits per heavy atom. The van der Waals surface area contributed by atoms with Crippen LogP contribution in [0.5, 0.6) is 0 Å². The lowest BCUT2D eigenvalue weighted by Crippen LogP contribution is -2.61. The van der Waals surface area contributed by atoms with Crippen LogP contribution in [0.3, 0.4) is 0 Å². The lowest BCUT2D eigenvalue weighted by Gasteiger charge is -2.40. The molecule has 2 aromatic carbocycles. The van der Waals surface area contributed by atoms with Crippen molar-refractivity contribution in [1.29, 1.82) is 5.41 Å². The maximum atomic E-state index is 15.9. The topological polar surface area (TPSA) is 91.1 Å². The molecule has 7 nitrogen and oxygen atoms in total. The monoisotopic (exact) mass is 503 g/mol. The van der Waals surface area contributed by atoms with Crippen molar-refractivity contribution < 1.29 is 26.0 Å². The number of aromatic nitrogens is 2. The average Bonchev–Trinajstić information content (AvgIpc) is 3.00. The zero-order valence-corrected chi connectivity index (χ0v) is 19.1. The van der Waals surface area contributed by atoms with E-state index in [1.165, 1.54) is 45.2 Å². The highest BCUT2D eigenvalue weighted by molar-refractivity contribution is 7.89. The predicted octanol–water partition coefficient (Wildman–Crippen LogP) is 4.16. The molecule has 1 aliphatic heterocycles. The van der Waals surface area contributed by atoms with Crippen LogP contribution in [0, 0.1) is 18.2 Å². The highest BCUT2D eigenvalue weighted by Gasteiger charge is 2.44. The van der Waals surface area contributed by atoms with E-state index >= 15 is 4.39 Å². The number of alkyl halides is 3. The number of guanidine groups is 1. The summed E-state index contributed by atoms with van der Waals surface area (Å²) in [6.45, 7) is 2.83. The van der Waals surface area contributed by atoms with Crippen molar-refractivity contribution in [3.05, 3.63) is 58.1 Å². The Morgan fingerprint density at radius 1 is 1.24 bits per heavy atom.